The summed E-state index contributed by atoms with van der Waals surface area (Å²) in [7, 11) is -2.22. The molecule has 176 valence electrons. The van der Waals surface area contributed by atoms with Crippen LogP contribution in [-0.4, -0.2) is 73.5 Å². The molecule has 1 N–H and O–H groups in total. The maximum atomic E-state index is 12.3. The van der Waals surface area contributed by atoms with Gasteiger partial charge in [-0.25, -0.2) is 4.79 Å². The molecule has 7 nitrogen and oxygen atoms in total. The SMILES string of the molecule is CC(C)[C@]12O[C@H]1[C@@H]1O[C@@]13[C@@]1(C)CCC4=C(COC4=O)[C@@H]1C1C[C@@]3(O1)[C@@H]2OCC[Si](C)(C)O. The molecule has 4 saturated heterocycles. The summed E-state index contributed by atoms with van der Waals surface area (Å²) in [6.45, 7) is 11.6. The summed E-state index contributed by atoms with van der Waals surface area (Å²) in [5.41, 5.74) is 0.544. The molecule has 2 saturated carbocycles. The second-order valence-electron chi connectivity index (χ2n) is 12.4. The smallest absolute Gasteiger partial charge is 0.334 e. The van der Waals surface area contributed by atoms with Gasteiger partial charge in [-0.2, -0.15) is 0 Å². The Morgan fingerprint density at radius 3 is 2.66 bits per heavy atom. The van der Waals surface area contributed by atoms with E-state index in [0.717, 1.165) is 30.4 Å². The average molecular weight is 463 g/mol. The third-order valence-corrected chi connectivity index (χ3v) is 11.5. The highest BCUT2D eigenvalue weighted by Gasteiger charge is 2.98. The molecule has 8 aliphatic rings. The molecule has 8 rings (SSSR count). The Bertz CT molecular complexity index is 948. The monoisotopic (exact) mass is 462 g/mol. The number of ether oxygens (including phenoxy) is 5. The zero-order valence-electron chi connectivity index (χ0n) is 19.6. The highest BCUT2D eigenvalue weighted by molar-refractivity contribution is 6.69. The van der Waals surface area contributed by atoms with Gasteiger partial charge in [0, 0.05) is 29.9 Å². The Hall–Kier alpha value is -0.773. The zero-order chi connectivity index (χ0) is 22.5. The second kappa shape index (κ2) is 5.71. The maximum absolute atomic E-state index is 12.3. The van der Waals surface area contributed by atoms with Gasteiger partial charge in [0.2, 0.25) is 0 Å². The van der Waals surface area contributed by atoms with Crippen molar-refractivity contribution in [1.82, 2.24) is 0 Å². The van der Waals surface area contributed by atoms with E-state index in [-0.39, 0.29) is 53.2 Å². The van der Waals surface area contributed by atoms with Crippen LogP contribution >= 0.6 is 0 Å². The Morgan fingerprint density at radius 1 is 1.22 bits per heavy atom. The number of hydrogen-bond donors (Lipinski definition) is 1. The van der Waals surface area contributed by atoms with E-state index in [0.29, 0.717) is 19.3 Å². The van der Waals surface area contributed by atoms with E-state index in [4.69, 9.17) is 23.7 Å². The number of carbonyl (C=O) groups is 1. The normalized spacial score (nSPS) is 54.1. The van der Waals surface area contributed by atoms with Crippen LogP contribution in [0, 0.1) is 17.3 Å². The molecule has 5 heterocycles. The van der Waals surface area contributed by atoms with E-state index < -0.39 is 19.5 Å². The molecule has 32 heavy (non-hydrogen) atoms. The molecule has 0 amide bonds. The van der Waals surface area contributed by atoms with Crippen molar-refractivity contribution in [3.8, 4) is 0 Å². The molecule has 6 fully saturated rings. The lowest BCUT2D eigenvalue weighted by Crippen LogP contribution is -2.84. The van der Waals surface area contributed by atoms with Crippen molar-refractivity contribution >= 4 is 14.3 Å². The fourth-order valence-electron chi connectivity index (χ4n) is 8.56. The summed E-state index contributed by atoms with van der Waals surface area (Å²) in [5, 5.41) is 0. The summed E-state index contributed by atoms with van der Waals surface area (Å²) in [6, 6.07) is 0.689. The predicted molar refractivity (Wildman–Crippen MR) is 115 cm³/mol. The molecule has 3 aliphatic carbocycles. The molecule has 0 radical (unpaired) electrons. The Labute approximate surface area is 189 Å². The van der Waals surface area contributed by atoms with Crippen LogP contribution in [-0.2, 0) is 28.5 Å². The first-order valence-electron chi connectivity index (χ1n) is 12.3. The van der Waals surface area contributed by atoms with Crippen LogP contribution in [0.1, 0.15) is 40.0 Å². The van der Waals surface area contributed by atoms with E-state index >= 15 is 0 Å². The highest BCUT2D eigenvalue weighted by Crippen LogP contribution is 2.82. The fraction of sp³-hybridized carbons (Fsp3) is 0.875. The predicted octanol–water partition coefficient (Wildman–Crippen LogP) is 2.32. The number of carbonyl (C=O) groups excluding carboxylic acids is 1. The lowest BCUT2D eigenvalue weighted by molar-refractivity contribution is -0.371. The second-order valence-corrected chi connectivity index (χ2v) is 16.5. The fourth-order valence-corrected chi connectivity index (χ4v) is 9.17. The molecule has 0 aromatic rings. The number of esters is 1. The molecular weight excluding hydrogens is 428 g/mol. The van der Waals surface area contributed by atoms with Crippen molar-refractivity contribution in [1.29, 1.82) is 0 Å². The summed E-state index contributed by atoms with van der Waals surface area (Å²) in [6.07, 6.45) is 2.40. The van der Waals surface area contributed by atoms with Gasteiger partial charge in [0.25, 0.3) is 0 Å². The van der Waals surface area contributed by atoms with Gasteiger partial charge < -0.3 is 28.5 Å². The van der Waals surface area contributed by atoms with Crippen molar-refractivity contribution in [3.05, 3.63) is 11.1 Å². The largest absolute Gasteiger partial charge is 0.458 e. The summed E-state index contributed by atoms with van der Waals surface area (Å²) < 4.78 is 32.2. The van der Waals surface area contributed by atoms with Crippen LogP contribution in [0.2, 0.25) is 19.1 Å². The Morgan fingerprint density at radius 2 is 1.97 bits per heavy atom. The Balaban J connectivity index is 1.30. The van der Waals surface area contributed by atoms with Gasteiger partial charge in [0.15, 0.2) is 8.32 Å². The lowest BCUT2D eigenvalue weighted by Gasteiger charge is -2.70. The summed E-state index contributed by atoms with van der Waals surface area (Å²) >= 11 is 0. The van der Waals surface area contributed by atoms with E-state index in [2.05, 4.69) is 20.8 Å². The first kappa shape index (κ1) is 20.6. The minimum absolute atomic E-state index is 0.0160. The maximum Gasteiger partial charge on any atom is 0.334 e. The van der Waals surface area contributed by atoms with Crippen LogP contribution in [0.15, 0.2) is 11.1 Å². The van der Waals surface area contributed by atoms with Gasteiger partial charge in [0.1, 0.15) is 41.7 Å². The van der Waals surface area contributed by atoms with Gasteiger partial charge in [-0.1, -0.05) is 20.8 Å². The third-order valence-electron chi connectivity index (χ3n) is 10.0. The van der Waals surface area contributed by atoms with Gasteiger partial charge in [-0.05, 0) is 43.5 Å². The van der Waals surface area contributed by atoms with E-state index in [1.807, 2.05) is 13.1 Å². The van der Waals surface area contributed by atoms with Crippen LogP contribution < -0.4 is 0 Å². The Kier molecular flexibility index (Phi) is 3.68. The number of epoxide rings is 2. The topological polar surface area (TPSA) is 90.1 Å². The minimum atomic E-state index is -2.22. The standard InChI is InChI=1S/C24H34O7Si/c1-12(2)23-17(30-23)18-24(31-18)21(3)7-6-13-14(11-28-19(13)25)16(21)15-10-22(24,29-15)20(23)27-8-9-32(4,5)26/h12,15-18,20,26H,6-11H2,1-5H3/t15?,16-,17+,18+,20+,21+,22-,23+,24-/m1/s1. The van der Waals surface area contributed by atoms with Crippen LogP contribution in [0.25, 0.3) is 0 Å². The van der Waals surface area contributed by atoms with E-state index in [9.17, 15) is 9.59 Å². The molecule has 8 heteroatoms. The average Bonchev–Trinajstić information content (AvgIpc) is 3.54. The molecule has 2 spiro atoms. The van der Waals surface area contributed by atoms with Crippen molar-refractivity contribution in [2.45, 2.75) is 100 Å². The highest BCUT2D eigenvalue weighted by atomic mass is 28.4. The zero-order valence-corrected chi connectivity index (χ0v) is 20.6. The summed E-state index contributed by atoms with van der Waals surface area (Å²) in [4.78, 5) is 22.7. The van der Waals surface area contributed by atoms with Crippen LogP contribution in [0.4, 0.5) is 0 Å². The third kappa shape index (κ3) is 2.03. The van der Waals surface area contributed by atoms with Gasteiger partial charge in [-0.15, -0.1) is 0 Å². The van der Waals surface area contributed by atoms with Crippen molar-refractivity contribution < 1.29 is 33.3 Å². The van der Waals surface area contributed by atoms with E-state index in [1.54, 1.807) is 0 Å². The van der Waals surface area contributed by atoms with E-state index in [1.165, 1.54) is 0 Å². The molecular formula is C24H34O7Si. The number of fused-ring (bicyclic) bond motifs is 2. The number of rotatable bonds is 5. The molecule has 0 aromatic carbocycles. The van der Waals surface area contributed by atoms with Crippen molar-refractivity contribution in [2.24, 2.45) is 17.3 Å². The quantitative estimate of drug-likeness (QED) is 0.381. The van der Waals surface area contributed by atoms with Crippen LogP contribution in [0.5, 0.6) is 0 Å². The molecule has 0 aromatic heterocycles. The first-order chi connectivity index (χ1) is 15.0. The summed E-state index contributed by atoms with van der Waals surface area (Å²) in [5.74, 6) is 0.288. The van der Waals surface area contributed by atoms with Crippen molar-refractivity contribution in [3.63, 3.8) is 0 Å². The van der Waals surface area contributed by atoms with Gasteiger partial charge in [-0.3, -0.25) is 0 Å². The molecule has 5 aliphatic heterocycles. The first-order valence-corrected chi connectivity index (χ1v) is 15.4. The minimum Gasteiger partial charge on any atom is -0.458 e. The lowest BCUT2D eigenvalue weighted by atomic mass is 9.42. The number of hydrogen-bond acceptors (Lipinski definition) is 7. The molecule has 9 atom stereocenters. The molecule has 1 unspecified atom stereocenters. The molecule has 2 bridgehead atoms. The van der Waals surface area contributed by atoms with Crippen molar-refractivity contribution in [2.75, 3.05) is 13.2 Å². The number of cyclic esters (lactones) is 1. The van der Waals surface area contributed by atoms with Gasteiger partial charge in [0.05, 0.1) is 6.10 Å². The van der Waals surface area contributed by atoms with Gasteiger partial charge >= 0.3 is 5.97 Å². The van der Waals surface area contributed by atoms with Crippen LogP contribution in [0.3, 0.4) is 0 Å².